The summed E-state index contributed by atoms with van der Waals surface area (Å²) in [6.07, 6.45) is -9.55. The Balaban J connectivity index is 1.56. The highest BCUT2D eigenvalue weighted by Gasteiger charge is 2.37. The number of hydrogen-bond donors (Lipinski definition) is 3. The fraction of sp³-hybridized carbons (Fsp3) is 0.227. The van der Waals surface area contributed by atoms with Crippen molar-refractivity contribution in [2.45, 2.75) is 25.7 Å². The molecule has 0 fully saturated rings. The predicted molar refractivity (Wildman–Crippen MR) is 107 cm³/mol. The molecule has 0 atom stereocenters. The molecule has 2 aromatic heterocycles. The Bertz CT molecular complexity index is 1360. The van der Waals surface area contributed by atoms with Gasteiger partial charge in [0.05, 0.1) is 11.1 Å². The number of H-pyrrole nitrogens is 2. The summed E-state index contributed by atoms with van der Waals surface area (Å²) in [5, 5.41) is 2.72. The van der Waals surface area contributed by atoms with E-state index in [4.69, 9.17) is 0 Å². The Morgan fingerprint density at radius 2 is 1.70 bits per heavy atom. The van der Waals surface area contributed by atoms with Crippen molar-refractivity contribution in [3.05, 3.63) is 70.3 Å². The minimum absolute atomic E-state index is 0.0403. The smallest absolute Gasteiger partial charge is 0.351 e. The van der Waals surface area contributed by atoms with Crippen LogP contribution in [-0.2, 0) is 18.8 Å². The first-order valence-corrected chi connectivity index (χ1v) is 9.71. The second-order valence-corrected chi connectivity index (χ2v) is 7.58. The number of carbonyl (C=O) groups excluding carboxylic acids is 1. The van der Waals surface area contributed by atoms with Crippen molar-refractivity contribution in [1.82, 2.24) is 15.3 Å². The molecule has 33 heavy (non-hydrogen) atoms. The van der Waals surface area contributed by atoms with Crippen molar-refractivity contribution in [2.75, 3.05) is 6.54 Å². The number of hydrogen-bond acceptors (Lipinski definition) is 1. The molecule has 0 aliphatic carbocycles. The number of aryl methyl sites for hydroxylation is 1. The monoisotopic (exact) mass is 471 g/mol. The third kappa shape index (κ3) is 4.27. The van der Waals surface area contributed by atoms with Gasteiger partial charge in [0.25, 0.3) is 5.91 Å². The first kappa shape index (κ1) is 22.7. The Labute approximate surface area is 181 Å². The van der Waals surface area contributed by atoms with E-state index in [2.05, 4.69) is 15.3 Å². The lowest BCUT2D eigenvalue weighted by molar-refractivity contribution is -0.141. The normalized spacial score (nSPS) is 12.6. The molecule has 11 heteroatoms. The van der Waals surface area contributed by atoms with Crippen LogP contribution in [0.15, 0.2) is 36.4 Å². The molecule has 0 aliphatic rings. The SMILES string of the molecule is Cc1ccc(F)c2[nH]c(C(F)(F)F)c(CCNC(=O)c3cc4cc(C(F)(F)F)ccc4[nH]3)c12. The molecule has 0 saturated carbocycles. The van der Waals surface area contributed by atoms with Gasteiger partial charge < -0.3 is 15.3 Å². The maximum Gasteiger partial charge on any atom is 0.431 e. The minimum atomic E-state index is -4.76. The molecule has 4 aromatic rings. The average Bonchev–Trinajstić information content (AvgIpc) is 3.32. The molecule has 0 unspecified atom stereocenters. The van der Waals surface area contributed by atoms with Gasteiger partial charge in [0, 0.05) is 22.8 Å². The number of aromatic nitrogens is 2. The van der Waals surface area contributed by atoms with Crippen LogP contribution >= 0.6 is 0 Å². The Morgan fingerprint density at radius 3 is 2.36 bits per heavy atom. The van der Waals surface area contributed by atoms with Gasteiger partial charge in [-0.25, -0.2) is 4.39 Å². The number of rotatable bonds is 4. The highest BCUT2D eigenvalue weighted by molar-refractivity contribution is 5.98. The molecule has 0 saturated heterocycles. The Hall–Kier alpha value is -3.50. The molecule has 2 heterocycles. The lowest BCUT2D eigenvalue weighted by Gasteiger charge is -2.10. The number of nitrogens with one attached hydrogen (secondary N) is 3. The molecular weight excluding hydrogens is 455 g/mol. The molecule has 4 rings (SSSR count). The highest BCUT2D eigenvalue weighted by Crippen LogP contribution is 2.37. The van der Waals surface area contributed by atoms with E-state index in [1.54, 1.807) is 6.92 Å². The number of amides is 1. The van der Waals surface area contributed by atoms with Gasteiger partial charge in [0.15, 0.2) is 0 Å². The number of fused-ring (bicyclic) bond motifs is 2. The van der Waals surface area contributed by atoms with E-state index < -0.39 is 35.3 Å². The van der Waals surface area contributed by atoms with Crippen LogP contribution in [0.5, 0.6) is 0 Å². The summed E-state index contributed by atoms with van der Waals surface area (Å²) in [6, 6.07) is 6.62. The van der Waals surface area contributed by atoms with Crippen molar-refractivity contribution in [1.29, 1.82) is 0 Å². The van der Waals surface area contributed by atoms with Crippen LogP contribution in [-0.4, -0.2) is 22.4 Å². The number of alkyl halides is 6. The van der Waals surface area contributed by atoms with E-state index in [9.17, 15) is 35.5 Å². The third-order valence-corrected chi connectivity index (χ3v) is 5.35. The predicted octanol–water partition coefficient (Wildman–Crippen LogP) is 6.11. The summed E-state index contributed by atoms with van der Waals surface area (Å²) in [7, 11) is 0. The fourth-order valence-electron chi connectivity index (χ4n) is 3.84. The molecule has 2 aromatic carbocycles. The van der Waals surface area contributed by atoms with E-state index >= 15 is 0 Å². The number of halogens is 7. The summed E-state index contributed by atoms with van der Waals surface area (Å²) in [5.74, 6) is -1.52. The van der Waals surface area contributed by atoms with Gasteiger partial charge >= 0.3 is 12.4 Å². The van der Waals surface area contributed by atoms with Crippen LogP contribution < -0.4 is 5.32 Å². The van der Waals surface area contributed by atoms with Crippen LogP contribution in [0.2, 0.25) is 0 Å². The average molecular weight is 471 g/mol. The second-order valence-electron chi connectivity index (χ2n) is 7.58. The van der Waals surface area contributed by atoms with Gasteiger partial charge in [0.2, 0.25) is 0 Å². The van der Waals surface area contributed by atoms with Gasteiger partial charge in [-0.1, -0.05) is 6.07 Å². The van der Waals surface area contributed by atoms with Crippen molar-refractivity contribution in [2.24, 2.45) is 0 Å². The summed E-state index contributed by atoms with van der Waals surface area (Å²) in [6.45, 7) is 1.34. The third-order valence-electron chi connectivity index (χ3n) is 5.35. The van der Waals surface area contributed by atoms with E-state index in [0.717, 1.165) is 18.2 Å². The highest BCUT2D eigenvalue weighted by atomic mass is 19.4. The molecular formula is C22H16F7N3O. The molecule has 0 aliphatic heterocycles. The topological polar surface area (TPSA) is 60.7 Å². The number of carbonyl (C=O) groups is 1. The number of benzene rings is 2. The molecule has 0 radical (unpaired) electrons. The maximum absolute atomic E-state index is 14.1. The second kappa shape index (κ2) is 7.82. The quantitative estimate of drug-likeness (QED) is 0.309. The molecule has 3 N–H and O–H groups in total. The Morgan fingerprint density at radius 1 is 0.970 bits per heavy atom. The van der Waals surface area contributed by atoms with Gasteiger partial charge in [-0.15, -0.1) is 0 Å². The van der Waals surface area contributed by atoms with Crippen LogP contribution in [0.25, 0.3) is 21.8 Å². The minimum Gasteiger partial charge on any atom is -0.351 e. The zero-order valence-electron chi connectivity index (χ0n) is 16.9. The van der Waals surface area contributed by atoms with E-state index in [0.29, 0.717) is 11.1 Å². The lowest BCUT2D eigenvalue weighted by atomic mass is 10.0. The van der Waals surface area contributed by atoms with Crippen molar-refractivity contribution in [3.8, 4) is 0 Å². The summed E-state index contributed by atoms with van der Waals surface area (Å²) >= 11 is 0. The maximum atomic E-state index is 14.1. The molecule has 0 spiro atoms. The molecule has 1 amide bonds. The van der Waals surface area contributed by atoms with Crippen LogP contribution in [0, 0.1) is 12.7 Å². The van der Waals surface area contributed by atoms with E-state index in [1.807, 2.05) is 0 Å². The summed E-state index contributed by atoms with van der Waals surface area (Å²) in [5.41, 5.74) is -1.71. The summed E-state index contributed by atoms with van der Waals surface area (Å²) in [4.78, 5) is 17.2. The van der Waals surface area contributed by atoms with E-state index in [1.165, 1.54) is 18.2 Å². The molecule has 0 bridgehead atoms. The number of aromatic amines is 2. The van der Waals surface area contributed by atoms with Crippen LogP contribution in [0.4, 0.5) is 30.7 Å². The van der Waals surface area contributed by atoms with Gasteiger partial charge in [-0.05, 0) is 54.8 Å². The fourth-order valence-corrected chi connectivity index (χ4v) is 3.84. The van der Waals surface area contributed by atoms with Gasteiger partial charge in [0.1, 0.15) is 17.2 Å². The van der Waals surface area contributed by atoms with Crippen molar-refractivity contribution in [3.63, 3.8) is 0 Å². The van der Waals surface area contributed by atoms with Gasteiger partial charge in [-0.3, -0.25) is 4.79 Å². The summed E-state index contributed by atoms with van der Waals surface area (Å²) < 4.78 is 93.2. The largest absolute Gasteiger partial charge is 0.431 e. The van der Waals surface area contributed by atoms with Crippen LogP contribution in [0.1, 0.15) is 32.9 Å². The molecule has 174 valence electrons. The first-order chi connectivity index (χ1) is 15.4. The van der Waals surface area contributed by atoms with Crippen molar-refractivity contribution < 1.29 is 35.5 Å². The first-order valence-electron chi connectivity index (χ1n) is 9.71. The Kier molecular flexibility index (Phi) is 5.38. The van der Waals surface area contributed by atoms with Gasteiger partial charge in [-0.2, -0.15) is 26.3 Å². The lowest BCUT2D eigenvalue weighted by Crippen LogP contribution is -2.26. The van der Waals surface area contributed by atoms with E-state index in [-0.39, 0.29) is 40.5 Å². The zero-order valence-corrected chi connectivity index (χ0v) is 16.9. The van der Waals surface area contributed by atoms with Crippen molar-refractivity contribution >= 4 is 27.7 Å². The van der Waals surface area contributed by atoms with Crippen LogP contribution in [0.3, 0.4) is 0 Å². The standard InChI is InChI=1S/C22H16F7N3O/c1-10-2-4-14(23)18-17(10)13(19(32-18)22(27,28)29)6-7-30-20(33)16-9-11-8-12(21(24,25)26)3-5-15(11)31-16/h2-5,8-9,31-32H,6-7H2,1H3,(H,30,33). The zero-order chi connectivity index (χ0) is 24.1. The molecule has 4 nitrogen and oxygen atoms in total.